The van der Waals surface area contributed by atoms with Crippen molar-refractivity contribution >= 4 is 17.2 Å². The number of rotatable bonds is 6. The van der Waals surface area contributed by atoms with Crippen molar-refractivity contribution in [3.8, 4) is 0 Å². The molecule has 1 aromatic rings. The molecule has 1 unspecified atom stereocenters. The van der Waals surface area contributed by atoms with Crippen molar-refractivity contribution in [2.45, 2.75) is 33.2 Å². The number of hydrogen-bond acceptors (Lipinski definition) is 4. The topological polar surface area (TPSA) is 68.0 Å². The normalized spacial score (nSPS) is 12.4. The number of aryl methyl sites for hydroxylation is 1. The van der Waals surface area contributed by atoms with Crippen LogP contribution in [0.15, 0.2) is 5.51 Å². The molecule has 5 heteroatoms. The Morgan fingerprint density at radius 3 is 3.00 bits per heavy atom. The molecular formula is C11H19N3OS. The molecule has 0 radical (unpaired) electrons. The summed E-state index contributed by atoms with van der Waals surface area (Å²) in [6.45, 7) is 5.12. The number of amides is 1. The number of nitrogens with one attached hydrogen (secondary N) is 1. The van der Waals surface area contributed by atoms with Gasteiger partial charge in [-0.3, -0.25) is 4.79 Å². The Balaban J connectivity index is 2.32. The smallest absolute Gasteiger partial charge is 0.223 e. The number of carbonyl (C=O) groups is 1. The third-order valence-electron chi connectivity index (χ3n) is 2.56. The Hall–Kier alpha value is -0.940. The second-order valence-electron chi connectivity index (χ2n) is 3.91. The van der Waals surface area contributed by atoms with Crippen molar-refractivity contribution in [1.82, 2.24) is 10.3 Å². The number of carbonyl (C=O) groups excluding carboxylic acids is 1. The number of nitrogens with two attached hydrogens (primary N) is 1. The average molecular weight is 241 g/mol. The minimum absolute atomic E-state index is 0.0387. The summed E-state index contributed by atoms with van der Waals surface area (Å²) in [5.41, 5.74) is 8.21. The third kappa shape index (κ3) is 3.90. The standard InChI is InChI=1S/C11H19N3OS/c1-8(4-3-5-12)11(15)13-6-10-9(2)14-7-16-10/h7-8H,3-6,12H2,1-2H3,(H,13,15). The van der Waals surface area contributed by atoms with E-state index in [0.29, 0.717) is 13.1 Å². The maximum atomic E-state index is 11.7. The van der Waals surface area contributed by atoms with Gasteiger partial charge in [-0.2, -0.15) is 0 Å². The molecular weight excluding hydrogens is 222 g/mol. The zero-order valence-corrected chi connectivity index (χ0v) is 10.6. The van der Waals surface area contributed by atoms with Gasteiger partial charge in [-0.1, -0.05) is 6.92 Å². The van der Waals surface area contributed by atoms with Crippen molar-refractivity contribution in [1.29, 1.82) is 0 Å². The highest BCUT2D eigenvalue weighted by atomic mass is 32.1. The summed E-state index contributed by atoms with van der Waals surface area (Å²) >= 11 is 1.58. The van der Waals surface area contributed by atoms with Gasteiger partial charge in [0, 0.05) is 10.8 Å². The summed E-state index contributed by atoms with van der Waals surface area (Å²) in [6.07, 6.45) is 1.75. The van der Waals surface area contributed by atoms with Gasteiger partial charge in [0.2, 0.25) is 5.91 Å². The summed E-state index contributed by atoms with van der Waals surface area (Å²) in [7, 11) is 0. The molecule has 16 heavy (non-hydrogen) atoms. The van der Waals surface area contributed by atoms with Crippen LogP contribution < -0.4 is 11.1 Å². The van der Waals surface area contributed by atoms with Crippen LogP contribution in [0.2, 0.25) is 0 Å². The van der Waals surface area contributed by atoms with Gasteiger partial charge in [-0.15, -0.1) is 11.3 Å². The van der Waals surface area contributed by atoms with E-state index in [9.17, 15) is 4.79 Å². The first kappa shape index (κ1) is 13.1. The van der Waals surface area contributed by atoms with E-state index in [-0.39, 0.29) is 11.8 Å². The fourth-order valence-corrected chi connectivity index (χ4v) is 2.11. The van der Waals surface area contributed by atoms with Crippen molar-refractivity contribution in [3.63, 3.8) is 0 Å². The Kier molecular flexibility index (Phi) is 5.42. The van der Waals surface area contributed by atoms with Crippen LogP contribution in [0, 0.1) is 12.8 Å². The van der Waals surface area contributed by atoms with Gasteiger partial charge in [-0.25, -0.2) is 4.98 Å². The second kappa shape index (κ2) is 6.60. The zero-order chi connectivity index (χ0) is 12.0. The van der Waals surface area contributed by atoms with E-state index >= 15 is 0 Å². The van der Waals surface area contributed by atoms with Gasteiger partial charge < -0.3 is 11.1 Å². The molecule has 0 aliphatic heterocycles. The van der Waals surface area contributed by atoms with E-state index in [4.69, 9.17) is 5.73 Å². The average Bonchev–Trinajstić information content (AvgIpc) is 2.68. The number of aromatic nitrogens is 1. The van der Waals surface area contributed by atoms with Gasteiger partial charge in [0.25, 0.3) is 0 Å². The second-order valence-corrected chi connectivity index (χ2v) is 4.85. The van der Waals surface area contributed by atoms with E-state index in [1.807, 2.05) is 13.8 Å². The molecule has 0 spiro atoms. The van der Waals surface area contributed by atoms with Crippen LogP contribution in [-0.2, 0) is 11.3 Å². The lowest BCUT2D eigenvalue weighted by molar-refractivity contribution is -0.124. The molecule has 0 aromatic carbocycles. The monoisotopic (exact) mass is 241 g/mol. The van der Waals surface area contributed by atoms with Crippen LogP contribution in [0.3, 0.4) is 0 Å². The quantitative estimate of drug-likeness (QED) is 0.792. The highest BCUT2D eigenvalue weighted by Gasteiger charge is 2.12. The highest BCUT2D eigenvalue weighted by molar-refractivity contribution is 7.09. The Morgan fingerprint density at radius 2 is 2.44 bits per heavy atom. The van der Waals surface area contributed by atoms with Gasteiger partial charge >= 0.3 is 0 Å². The molecule has 4 nitrogen and oxygen atoms in total. The van der Waals surface area contributed by atoms with E-state index in [0.717, 1.165) is 23.4 Å². The number of hydrogen-bond donors (Lipinski definition) is 2. The van der Waals surface area contributed by atoms with Crippen molar-refractivity contribution in [2.75, 3.05) is 6.54 Å². The maximum Gasteiger partial charge on any atom is 0.223 e. The number of nitrogens with zero attached hydrogens (tertiary/aromatic N) is 1. The number of thiazole rings is 1. The van der Waals surface area contributed by atoms with E-state index in [2.05, 4.69) is 10.3 Å². The lowest BCUT2D eigenvalue weighted by Gasteiger charge is -2.10. The Morgan fingerprint density at radius 1 is 1.69 bits per heavy atom. The first-order valence-electron chi connectivity index (χ1n) is 5.52. The van der Waals surface area contributed by atoms with Crippen molar-refractivity contribution in [2.24, 2.45) is 11.7 Å². The van der Waals surface area contributed by atoms with Gasteiger partial charge in [0.1, 0.15) is 0 Å². The van der Waals surface area contributed by atoms with Crippen LogP contribution in [0.1, 0.15) is 30.3 Å². The van der Waals surface area contributed by atoms with Gasteiger partial charge in [0.05, 0.1) is 17.7 Å². The first-order chi connectivity index (χ1) is 7.65. The van der Waals surface area contributed by atoms with E-state index in [1.54, 1.807) is 16.8 Å². The molecule has 0 saturated carbocycles. The molecule has 1 aromatic heterocycles. The van der Waals surface area contributed by atoms with Crippen LogP contribution in [0.5, 0.6) is 0 Å². The molecule has 0 fully saturated rings. The highest BCUT2D eigenvalue weighted by Crippen LogP contribution is 2.12. The fourth-order valence-electron chi connectivity index (χ4n) is 1.39. The first-order valence-corrected chi connectivity index (χ1v) is 6.40. The Labute approximate surface area is 100 Å². The minimum atomic E-state index is 0.0387. The molecule has 1 amide bonds. The predicted octanol–water partition coefficient (Wildman–Crippen LogP) is 1.44. The lowest BCUT2D eigenvalue weighted by Crippen LogP contribution is -2.29. The van der Waals surface area contributed by atoms with Gasteiger partial charge in [0.15, 0.2) is 0 Å². The van der Waals surface area contributed by atoms with Crippen LogP contribution in [0.4, 0.5) is 0 Å². The molecule has 0 saturated heterocycles. The summed E-state index contributed by atoms with van der Waals surface area (Å²) in [5, 5.41) is 2.93. The molecule has 0 bridgehead atoms. The largest absolute Gasteiger partial charge is 0.351 e. The summed E-state index contributed by atoms with van der Waals surface area (Å²) in [4.78, 5) is 17.0. The van der Waals surface area contributed by atoms with Crippen LogP contribution in [-0.4, -0.2) is 17.4 Å². The summed E-state index contributed by atoms with van der Waals surface area (Å²) in [5.74, 6) is 0.137. The Bertz CT molecular complexity index is 338. The van der Waals surface area contributed by atoms with Crippen molar-refractivity contribution in [3.05, 3.63) is 16.1 Å². The fraction of sp³-hybridized carbons (Fsp3) is 0.636. The molecule has 3 N–H and O–H groups in total. The molecule has 1 rings (SSSR count). The molecule has 90 valence electrons. The molecule has 1 atom stereocenters. The van der Waals surface area contributed by atoms with Crippen molar-refractivity contribution < 1.29 is 4.79 Å². The lowest BCUT2D eigenvalue weighted by atomic mass is 10.1. The van der Waals surface area contributed by atoms with E-state index in [1.165, 1.54) is 0 Å². The summed E-state index contributed by atoms with van der Waals surface area (Å²) in [6, 6.07) is 0. The minimum Gasteiger partial charge on any atom is -0.351 e. The zero-order valence-electron chi connectivity index (χ0n) is 9.82. The predicted molar refractivity (Wildman–Crippen MR) is 66.2 cm³/mol. The van der Waals surface area contributed by atoms with Crippen LogP contribution in [0.25, 0.3) is 0 Å². The van der Waals surface area contributed by atoms with E-state index < -0.39 is 0 Å². The third-order valence-corrected chi connectivity index (χ3v) is 3.49. The van der Waals surface area contributed by atoms with Crippen LogP contribution >= 0.6 is 11.3 Å². The van der Waals surface area contributed by atoms with Gasteiger partial charge in [-0.05, 0) is 26.3 Å². The SMILES string of the molecule is Cc1ncsc1CNC(=O)C(C)CCCN. The maximum absolute atomic E-state index is 11.7. The molecule has 1 heterocycles. The molecule has 0 aliphatic rings. The molecule has 0 aliphatic carbocycles. The summed E-state index contributed by atoms with van der Waals surface area (Å²) < 4.78 is 0.